The molecule has 0 saturated heterocycles. The predicted molar refractivity (Wildman–Crippen MR) is 71.5 cm³/mol. The first kappa shape index (κ1) is 13.1. The Kier molecular flexibility index (Phi) is 3.18. The van der Waals surface area contributed by atoms with Crippen molar-refractivity contribution in [2.24, 2.45) is 23.2 Å². The fourth-order valence-electron chi connectivity index (χ4n) is 5.12. The van der Waals surface area contributed by atoms with E-state index in [0.29, 0.717) is 23.5 Å². The van der Waals surface area contributed by atoms with Crippen LogP contribution in [0.25, 0.3) is 0 Å². The Bertz CT molecular complexity index is 403. The van der Waals surface area contributed by atoms with Gasteiger partial charge in [0.25, 0.3) is 0 Å². The van der Waals surface area contributed by atoms with Crippen molar-refractivity contribution >= 4 is 11.8 Å². The zero-order valence-electron chi connectivity index (χ0n) is 12.0. The largest absolute Gasteiger partial charge is 0.462 e. The van der Waals surface area contributed by atoms with Crippen molar-refractivity contribution < 1.29 is 14.3 Å². The van der Waals surface area contributed by atoms with Crippen LogP contribution in [0.3, 0.4) is 0 Å². The lowest BCUT2D eigenvalue weighted by Gasteiger charge is -2.49. The van der Waals surface area contributed by atoms with Crippen LogP contribution in [0.5, 0.6) is 0 Å². The van der Waals surface area contributed by atoms with E-state index in [1.54, 1.807) is 0 Å². The van der Waals surface area contributed by atoms with E-state index < -0.39 is 0 Å². The van der Waals surface area contributed by atoms with E-state index in [0.717, 1.165) is 38.5 Å². The van der Waals surface area contributed by atoms with Gasteiger partial charge >= 0.3 is 5.97 Å². The highest BCUT2D eigenvalue weighted by Crippen LogP contribution is 2.59. The molecule has 3 heteroatoms. The van der Waals surface area contributed by atoms with E-state index in [4.69, 9.17) is 4.74 Å². The van der Waals surface area contributed by atoms with E-state index in [-0.39, 0.29) is 17.5 Å². The third-order valence-corrected chi connectivity index (χ3v) is 6.05. The van der Waals surface area contributed by atoms with Crippen LogP contribution in [0.15, 0.2) is 0 Å². The summed E-state index contributed by atoms with van der Waals surface area (Å²) < 4.78 is 5.58. The summed E-state index contributed by atoms with van der Waals surface area (Å²) in [5.41, 5.74) is 0.160. The lowest BCUT2D eigenvalue weighted by atomic mass is 9.56. The molecular weight excluding hydrogens is 240 g/mol. The van der Waals surface area contributed by atoms with Gasteiger partial charge in [0.15, 0.2) is 0 Å². The molecule has 3 rings (SSSR count). The monoisotopic (exact) mass is 264 g/mol. The number of hydrogen-bond acceptors (Lipinski definition) is 3. The van der Waals surface area contributed by atoms with Gasteiger partial charge in [0.1, 0.15) is 11.9 Å². The normalized spacial score (nSPS) is 45.5. The molecule has 3 nitrogen and oxygen atoms in total. The van der Waals surface area contributed by atoms with Gasteiger partial charge in [-0.3, -0.25) is 9.59 Å². The summed E-state index contributed by atoms with van der Waals surface area (Å²) in [4.78, 5) is 22.9. The molecular formula is C16H24O3. The van der Waals surface area contributed by atoms with Gasteiger partial charge in [0.05, 0.1) is 0 Å². The molecule has 0 aromatic carbocycles. The molecule has 3 aliphatic rings. The summed E-state index contributed by atoms with van der Waals surface area (Å²) in [5, 5.41) is 0. The topological polar surface area (TPSA) is 43.4 Å². The van der Waals surface area contributed by atoms with Crippen molar-refractivity contribution in [1.29, 1.82) is 0 Å². The quantitative estimate of drug-likeness (QED) is 0.683. The molecule has 0 N–H and O–H groups in total. The van der Waals surface area contributed by atoms with E-state index in [1.165, 1.54) is 13.3 Å². The predicted octanol–water partition coefficient (Wildman–Crippen LogP) is 3.11. The smallest absolute Gasteiger partial charge is 0.302 e. The van der Waals surface area contributed by atoms with Crippen LogP contribution in [0.1, 0.15) is 58.8 Å². The zero-order chi connectivity index (χ0) is 13.6. The van der Waals surface area contributed by atoms with Gasteiger partial charge in [-0.05, 0) is 49.9 Å². The number of ketones is 1. The first-order valence-electron chi connectivity index (χ1n) is 7.69. The second-order valence-corrected chi connectivity index (χ2v) is 7.03. The molecule has 5 atom stereocenters. The summed E-state index contributed by atoms with van der Waals surface area (Å²) in [5.74, 6) is 2.27. The molecule has 106 valence electrons. The highest BCUT2D eigenvalue weighted by atomic mass is 16.5. The maximum Gasteiger partial charge on any atom is 0.302 e. The molecule has 0 heterocycles. The second-order valence-electron chi connectivity index (χ2n) is 7.03. The van der Waals surface area contributed by atoms with E-state index in [9.17, 15) is 9.59 Å². The third-order valence-electron chi connectivity index (χ3n) is 6.05. The van der Waals surface area contributed by atoms with Gasteiger partial charge < -0.3 is 4.74 Å². The Hall–Kier alpha value is -0.860. The number of ether oxygens (including phenoxy) is 1. The van der Waals surface area contributed by atoms with Crippen LogP contribution in [0, 0.1) is 23.2 Å². The van der Waals surface area contributed by atoms with Crippen molar-refractivity contribution in [2.75, 3.05) is 0 Å². The van der Waals surface area contributed by atoms with Gasteiger partial charge in [0, 0.05) is 25.2 Å². The Labute approximate surface area is 115 Å². The number of carbonyl (C=O) groups excluding carboxylic acids is 2. The SMILES string of the molecule is CC(=O)O[C@@H]1CCC2C3CCC(=O)CC3CC[C@]21C. The maximum absolute atomic E-state index is 11.6. The standard InChI is InChI=1S/C16H24O3/c1-10(17)19-15-6-5-14-13-4-3-12(18)9-11(13)7-8-16(14,15)2/h11,13-15H,3-9H2,1-2H3/t11?,13?,14?,15-,16-/m1/s1. The van der Waals surface area contributed by atoms with Gasteiger partial charge in [-0.1, -0.05) is 6.92 Å². The third kappa shape index (κ3) is 2.11. The fraction of sp³-hybridized carbons (Fsp3) is 0.875. The molecule has 0 spiro atoms. The molecule has 0 amide bonds. The number of hydrogen-bond donors (Lipinski definition) is 0. The summed E-state index contributed by atoms with van der Waals surface area (Å²) in [6.45, 7) is 3.83. The van der Waals surface area contributed by atoms with Crippen molar-refractivity contribution in [3.63, 3.8) is 0 Å². The lowest BCUT2D eigenvalue weighted by Crippen LogP contribution is -2.46. The van der Waals surface area contributed by atoms with E-state index in [2.05, 4.69) is 6.92 Å². The summed E-state index contributed by atoms with van der Waals surface area (Å²) in [6.07, 6.45) is 7.18. The molecule has 3 aliphatic carbocycles. The number of esters is 1. The van der Waals surface area contributed by atoms with Crippen LogP contribution in [-0.2, 0) is 14.3 Å². The van der Waals surface area contributed by atoms with Crippen LogP contribution >= 0.6 is 0 Å². The summed E-state index contributed by atoms with van der Waals surface area (Å²) in [7, 11) is 0. The first-order chi connectivity index (χ1) is 9.00. The van der Waals surface area contributed by atoms with E-state index >= 15 is 0 Å². The van der Waals surface area contributed by atoms with Crippen LogP contribution in [0.2, 0.25) is 0 Å². The zero-order valence-corrected chi connectivity index (χ0v) is 12.0. The minimum absolute atomic E-state index is 0.105. The molecule has 3 fully saturated rings. The van der Waals surface area contributed by atoms with Crippen LogP contribution in [-0.4, -0.2) is 17.9 Å². The molecule has 0 aromatic heterocycles. The number of carbonyl (C=O) groups is 2. The Morgan fingerprint density at radius 1 is 1.26 bits per heavy atom. The highest BCUT2D eigenvalue weighted by Gasteiger charge is 2.55. The van der Waals surface area contributed by atoms with Crippen molar-refractivity contribution in [2.45, 2.75) is 64.9 Å². The Morgan fingerprint density at radius 2 is 2.05 bits per heavy atom. The molecule has 0 aliphatic heterocycles. The second kappa shape index (κ2) is 4.60. The average molecular weight is 264 g/mol. The van der Waals surface area contributed by atoms with E-state index in [1.807, 2.05) is 0 Å². The van der Waals surface area contributed by atoms with Crippen molar-refractivity contribution in [3.05, 3.63) is 0 Å². The number of rotatable bonds is 1. The minimum Gasteiger partial charge on any atom is -0.462 e. The fourth-order valence-corrected chi connectivity index (χ4v) is 5.12. The Balaban J connectivity index is 1.79. The molecule has 0 aromatic rings. The van der Waals surface area contributed by atoms with Gasteiger partial charge in [-0.2, -0.15) is 0 Å². The Morgan fingerprint density at radius 3 is 2.79 bits per heavy atom. The van der Waals surface area contributed by atoms with Gasteiger partial charge in [-0.25, -0.2) is 0 Å². The number of Topliss-reactive ketones (excluding diaryl/α,β-unsaturated/α-hetero) is 1. The van der Waals surface area contributed by atoms with Crippen molar-refractivity contribution in [3.8, 4) is 0 Å². The maximum atomic E-state index is 11.6. The summed E-state index contributed by atoms with van der Waals surface area (Å²) >= 11 is 0. The lowest BCUT2D eigenvalue weighted by molar-refractivity contribution is -0.156. The minimum atomic E-state index is -0.146. The van der Waals surface area contributed by atoms with Gasteiger partial charge in [0.2, 0.25) is 0 Å². The first-order valence-corrected chi connectivity index (χ1v) is 7.69. The van der Waals surface area contributed by atoms with Crippen LogP contribution < -0.4 is 0 Å². The number of fused-ring (bicyclic) bond motifs is 3. The summed E-state index contributed by atoms with van der Waals surface area (Å²) in [6, 6.07) is 0. The molecule has 3 unspecified atom stereocenters. The van der Waals surface area contributed by atoms with Crippen LogP contribution in [0.4, 0.5) is 0 Å². The van der Waals surface area contributed by atoms with Crippen molar-refractivity contribution in [1.82, 2.24) is 0 Å². The van der Waals surface area contributed by atoms with Gasteiger partial charge in [-0.15, -0.1) is 0 Å². The molecule has 0 bridgehead atoms. The molecule has 0 radical (unpaired) electrons. The molecule has 19 heavy (non-hydrogen) atoms. The average Bonchev–Trinajstić information content (AvgIpc) is 2.66. The highest BCUT2D eigenvalue weighted by molar-refractivity contribution is 5.79. The molecule has 3 saturated carbocycles.